The predicted molar refractivity (Wildman–Crippen MR) is 138 cm³/mol. The molecule has 2 aliphatic rings. The maximum atomic E-state index is 13.4. The van der Waals surface area contributed by atoms with E-state index in [0.717, 1.165) is 36.1 Å². The number of fused-ring (bicyclic) bond motifs is 4. The van der Waals surface area contributed by atoms with Gasteiger partial charge in [0.15, 0.2) is 12.4 Å². The average molecular weight is 494 g/mol. The molecule has 0 bridgehead atoms. The van der Waals surface area contributed by atoms with Crippen LogP contribution in [0.25, 0.3) is 10.2 Å². The summed E-state index contributed by atoms with van der Waals surface area (Å²) in [6.07, 6.45) is 5.19. The third-order valence-corrected chi connectivity index (χ3v) is 8.41. The molecular weight excluding hydrogens is 462 g/mol. The Labute approximate surface area is 208 Å². The zero-order chi connectivity index (χ0) is 24.9. The monoisotopic (exact) mass is 493 g/mol. The Bertz CT molecular complexity index is 1380. The van der Waals surface area contributed by atoms with E-state index in [2.05, 4.69) is 25.8 Å². The van der Waals surface area contributed by atoms with E-state index in [-0.39, 0.29) is 35.8 Å². The van der Waals surface area contributed by atoms with Gasteiger partial charge in [-0.3, -0.25) is 19.0 Å². The first-order chi connectivity index (χ1) is 16.7. The summed E-state index contributed by atoms with van der Waals surface area (Å²) in [7, 11) is 0. The van der Waals surface area contributed by atoms with Gasteiger partial charge in [-0.2, -0.15) is 0 Å². The van der Waals surface area contributed by atoms with Gasteiger partial charge in [0.2, 0.25) is 0 Å². The molecule has 3 heterocycles. The molecule has 0 saturated heterocycles. The Kier molecular flexibility index (Phi) is 6.03. The summed E-state index contributed by atoms with van der Waals surface area (Å²) >= 11 is 1.62. The second-order valence-electron chi connectivity index (χ2n) is 10.6. The molecule has 1 aliphatic heterocycles. The van der Waals surface area contributed by atoms with Gasteiger partial charge in [-0.05, 0) is 60.8 Å². The predicted octanol–water partition coefficient (Wildman–Crippen LogP) is 4.63. The molecule has 0 N–H and O–H groups in total. The minimum Gasteiger partial charge on any atom is -0.482 e. The summed E-state index contributed by atoms with van der Waals surface area (Å²) in [4.78, 5) is 47.2. The van der Waals surface area contributed by atoms with Crippen LogP contribution in [0.15, 0.2) is 29.3 Å². The first kappa shape index (κ1) is 23.7. The highest BCUT2D eigenvalue weighted by Crippen LogP contribution is 2.42. The van der Waals surface area contributed by atoms with E-state index in [1.165, 1.54) is 15.8 Å². The van der Waals surface area contributed by atoms with Crippen LogP contribution in [0.1, 0.15) is 61.3 Å². The maximum Gasteiger partial charge on any atom is 0.265 e. The van der Waals surface area contributed by atoms with E-state index in [1.54, 1.807) is 34.4 Å². The first-order valence-electron chi connectivity index (χ1n) is 12.3. The van der Waals surface area contributed by atoms with Crippen molar-refractivity contribution in [2.24, 2.45) is 11.3 Å². The highest BCUT2D eigenvalue weighted by atomic mass is 32.1. The standard InChI is InChI=1S/C27H31N3O4S/c1-5-10-30-19-11-16(6-9-21(19)34-14-23(30)32)20(31)13-29-15-28-25-24(26(29)33)18-8-7-17(27(2,3)4)12-22(18)35-25/h6,9,11,15,17H,5,7-8,10,12-14H2,1-4H3. The van der Waals surface area contributed by atoms with E-state index in [1.807, 2.05) is 6.92 Å². The molecule has 0 spiro atoms. The van der Waals surface area contributed by atoms with Crippen LogP contribution in [0.3, 0.4) is 0 Å². The van der Waals surface area contributed by atoms with Gasteiger partial charge in [0, 0.05) is 17.0 Å². The van der Waals surface area contributed by atoms with Crippen molar-refractivity contribution in [2.45, 2.75) is 59.9 Å². The Morgan fingerprint density at radius 1 is 1.26 bits per heavy atom. The number of benzene rings is 1. The number of ether oxygens (including phenoxy) is 1. The number of Topliss-reactive ketones (excluding diaryl/α,β-unsaturated/α-hetero) is 1. The molecule has 184 valence electrons. The fourth-order valence-electron chi connectivity index (χ4n) is 5.14. The molecule has 35 heavy (non-hydrogen) atoms. The number of aromatic nitrogens is 2. The third kappa shape index (κ3) is 4.29. The van der Waals surface area contributed by atoms with Gasteiger partial charge in [-0.25, -0.2) is 4.98 Å². The zero-order valence-electron chi connectivity index (χ0n) is 20.7. The van der Waals surface area contributed by atoms with Gasteiger partial charge < -0.3 is 9.64 Å². The summed E-state index contributed by atoms with van der Waals surface area (Å²) in [6.45, 7) is 9.29. The van der Waals surface area contributed by atoms with Crippen LogP contribution in [0.2, 0.25) is 0 Å². The molecular formula is C27H31N3O4S. The van der Waals surface area contributed by atoms with Gasteiger partial charge in [0.1, 0.15) is 10.6 Å². The SMILES string of the molecule is CCCN1C(=O)COc2ccc(C(=O)Cn3cnc4sc5c(c4c3=O)CCC(C(C)(C)C)C5)cc21. The van der Waals surface area contributed by atoms with Crippen molar-refractivity contribution >= 4 is 38.9 Å². The van der Waals surface area contributed by atoms with Crippen LogP contribution in [0.4, 0.5) is 5.69 Å². The quantitative estimate of drug-likeness (QED) is 0.484. The molecule has 2 aromatic heterocycles. The molecule has 0 fully saturated rings. The van der Waals surface area contributed by atoms with Crippen LogP contribution >= 0.6 is 11.3 Å². The number of ketones is 1. The molecule has 7 nitrogen and oxygen atoms in total. The molecule has 1 amide bonds. The first-order valence-corrected chi connectivity index (χ1v) is 13.1. The second kappa shape index (κ2) is 8.90. The highest BCUT2D eigenvalue weighted by Gasteiger charge is 2.32. The fraction of sp³-hybridized carbons (Fsp3) is 0.481. The van der Waals surface area contributed by atoms with Crippen molar-refractivity contribution in [3.63, 3.8) is 0 Å². The largest absolute Gasteiger partial charge is 0.482 e. The van der Waals surface area contributed by atoms with Crippen molar-refractivity contribution in [2.75, 3.05) is 18.1 Å². The van der Waals surface area contributed by atoms with Gasteiger partial charge in [0.25, 0.3) is 11.5 Å². The van der Waals surface area contributed by atoms with Crippen molar-refractivity contribution < 1.29 is 14.3 Å². The van der Waals surface area contributed by atoms with Gasteiger partial charge in [-0.15, -0.1) is 11.3 Å². The number of nitrogens with zero attached hydrogens (tertiary/aromatic N) is 3. The molecule has 8 heteroatoms. The Morgan fingerprint density at radius 3 is 2.80 bits per heavy atom. The van der Waals surface area contributed by atoms with Crippen molar-refractivity contribution in [1.29, 1.82) is 0 Å². The second-order valence-corrected chi connectivity index (χ2v) is 11.7. The minimum atomic E-state index is -0.206. The minimum absolute atomic E-state index is 0.00281. The lowest BCUT2D eigenvalue weighted by Gasteiger charge is -2.33. The van der Waals surface area contributed by atoms with E-state index < -0.39 is 0 Å². The van der Waals surface area contributed by atoms with E-state index in [4.69, 9.17) is 4.74 Å². The molecule has 5 rings (SSSR count). The number of thiophene rings is 1. The summed E-state index contributed by atoms with van der Waals surface area (Å²) in [5.41, 5.74) is 2.24. The van der Waals surface area contributed by atoms with Crippen LogP contribution in [0, 0.1) is 11.3 Å². The topological polar surface area (TPSA) is 81.5 Å². The van der Waals surface area contributed by atoms with Gasteiger partial charge in [-0.1, -0.05) is 27.7 Å². The summed E-state index contributed by atoms with van der Waals surface area (Å²) in [5.74, 6) is 0.848. The number of aryl methyl sites for hydroxylation is 1. The summed E-state index contributed by atoms with van der Waals surface area (Å²) < 4.78 is 6.95. The molecule has 1 atom stereocenters. The number of hydrogen-bond donors (Lipinski definition) is 0. The number of anilines is 1. The lowest BCUT2D eigenvalue weighted by molar-refractivity contribution is -0.121. The Hall–Kier alpha value is -3.00. The molecule has 3 aromatic rings. The Morgan fingerprint density at radius 2 is 2.06 bits per heavy atom. The molecule has 1 unspecified atom stereocenters. The lowest BCUT2D eigenvalue weighted by Crippen LogP contribution is -2.39. The zero-order valence-corrected chi connectivity index (χ0v) is 21.5. The fourth-order valence-corrected chi connectivity index (χ4v) is 6.40. The number of amides is 1. The highest BCUT2D eigenvalue weighted by molar-refractivity contribution is 7.18. The van der Waals surface area contributed by atoms with Crippen LogP contribution in [0.5, 0.6) is 5.75 Å². The summed E-state index contributed by atoms with van der Waals surface area (Å²) in [5, 5.41) is 0.672. The molecule has 1 aliphatic carbocycles. The number of carbonyl (C=O) groups is 2. The molecule has 0 saturated carbocycles. The smallest absolute Gasteiger partial charge is 0.265 e. The Balaban J connectivity index is 1.44. The summed E-state index contributed by atoms with van der Waals surface area (Å²) in [6, 6.07) is 5.11. The molecule has 0 radical (unpaired) electrons. The van der Waals surface area contributed by atoms with E-state index in [0.29, 0.717) is 34.8 Å². The molecule has 1 aromatic carbocycles. The maximum absolute atomic E-state index is 13.4. The number of carbonyl (C=O) groups excluding carboxylic acids is 2. The normalized spacial score (nSPS) is 17.8. The van der Waals surface area contributed by atoms with Crippen molar-refractivity contribution in [3.8, 4) is 5.75 Å². The van der Waals surface area contributed by atoms with Gasteiger partial charge >= 0.3 is 0 Å². The van der Waals surface area contributed by atoms with Crippen molar-refractivity contribution in [3.05, 3.63) is 50.9 Å². The number of rotatable bonds is 5. The number of hydrogen-bond acceptors (Lipinski definition) is 6. The lowest BCUT2D eigenvalue weighted by atomic mass is 9.72. The van der Waals surface area contributed by atoms with Crippen LogP contribution in [-0.4, -0.2) is 34.4 Å². The van der Waals surface area contributed by atoms with E-state index >= 15 is 0 Å². The third-order valence-electron chi connectivity index (χ3n) is 7.25. The van der Waals surface area contributed by atoms with Crippen LogP contribution < -0.4 is 15.2 Å². The van der Waals surface area contributed by atoms with Crippen molar-refractivity contribution in [1.82, 2.24) is 9.55 Å². The van der Waals surface area contributed by atoms with Crippen LogP contribution in [-0.2, 0) is 24.2 Å². The average Bonchev–Trinajstić information content (AvgIpc) is 3.20. The van der Waals surface area contributed by atoms with Gasteiger partial charge in [0.05, 0.1) is 23.9 Å². The van der Waals surface area contributed by atoms with E-state index in [9.17, 15) is 14.4 Å².